The molecule has 19 heavy (non-hydrogen) atoms. The Morgan fingerprint density at radius 2 is 2.26 bits per heavy atom. The molecule has 0 saturated heterocycles. The molecule has 0 heterocycles. The van der Waals surface area contributed by atoms with Crippen LogP contribution in [0.2, 0.25) is 0 Å². The Morgan fingerprint density at radius 1 is 1.47 bits per heavy atom. The maximum atomic E-state index is 12.0. The van der Waals surface area contributed by atoms with Gasteiger partial charge in [-0.3, -0.25) is 0 Å². The third kappa shape index (κ3) is 3.40. The van der Waals surface area contributed by atoms with Crippen LogP contribution in [0.5, 0.6) is 5.75 Å². The van der Waals surface area contributed by atoms with Crippen molar-refractivity contribution >= 4 is 11.7 Å². The van der Waals surface area contributed by atoms with E-state index in [4.69, 9.17) is 9.47 Å². The number of hydrogen-bond acceptors (Lipinski definition) is 4. The van der Waals surface area contributed by atoms with E-state index in [1.807, 2.05) is 31.2 Å². The van der Waals surface area contributed by atoms with E-state index in [0.717, 1.165) is 24.3 Å². The molecule has 1 unspecified atom stereocenters. The van der Waals surface area contributed by atoms with Gasteiger partial charge in [-0.25, -0.2) is 4.79 Å². The molecule has 0 spiro atoms. The van der Waals surface area contributed by atoms with Gasteiger partial charge in [-0.15, -0.1) is 0 Å². The second-order valence-corrected chi connectivity index (χ2v) is 4.80. The van der Waals surface area contributed by atoms with Crippen LogP contribution in [0.3, 0.4) is 0 Å². The lowest BCUT2D eigenvalue weighted by molar-refractivity contribution is -0.146. The number of carbonyl (C=O) groups is 1. The molecule has 1 N–H and O–H groups in total. The van der Waals surface area contributed by atoms with E-state index in [2.05, 4.69) is 5.32 Å². The molecule has 1 atom stereocenters. The van der Waals surface area contributed by atoms with Crippen molar-refractivity contribution in [2.75, 3.05) is 19.0 Å². The van der Waals surface area contributed by atoms with E-state index in [9.17, 15) is 4.79 Å². The van der Waals surface area contributed by atoms with E-state index >= 15 is 0 Å². The monoisotopic (exact) mass is 263 g/mol. The fraction of sp³-hybridized carbons (Fsp3) is 0.533. The quantitative estimate of drug-likeness (QED) is 0.802. The Bertz CT molecular complexity index is 429. The number of methoxy groups -OCH3 is 1. The second kappa shape index (κ2) is 6.45. The van der Waals surface area contributed by atoms with Gasteiger partial charge in [-0.1, -0.05) is 12.5 Å². The predicted molar refractivity (Wildman–Crippen MR) is 74.4 cm³/mol. The fourth-order valence-corrected chi connectivity index (χ4v) is 2.27. The van der Waals surface area contributed by atoms with E-state index in [1.54, 1.807) is 7.11 Å². The first kappa shape index (κ1) is 13.7. The highest BCUT2D eigenvalue weighted by atomic mass is 16.5. The molecule has 2 rings (SSSR count). The number of ether oxygens (including phenoxy) is 2. The van der Waals surface area contributed by atoms with Gasteiger partial charge >= 0.3 is 5.97 Å². The number of nitrogens with one attached hydrogen (secondary N) is 1. The van der Waals surface area contributed by atoms with Crippen molar-refractivity contribution in [1.82, 2.24) is 0 Å². The van der Waals surface area contributed by atoms with Crippen LogP contribution < -0.4 is 10.1 Å². The Morgan fingerprint density at radius 3 is 2.84 bits per heavy atom. The smallest absolute Gasteiger partial charge is 0.328 e. The molecule has 0 radical (unpaired) electrons. The molecule has 0 amide bonds. The summed E-state index contributed by atoms with van der Waals surface area (Å²) >= 11 is 0. The summed E-state index contributed by atoms with van der Waals surface area (Å²) in [6.45, 7) is 2.25. The Kier molecular flexibility index (Phi) is 4.66. The molecular weight excluding hydrogens is 242 g/mol. The minimum absolute atomic E-state index is 0.157. The van der Waals surface area contributed by atoms with Crippen LogP contribution in [0.1, 0.15) is 26.2 Å². The number of benzene rings is 1. The molecular formula is C15H21NO3. The molecule has 1 aliphatic carbocycles. The lowest BCUT2D eigenvalue weighted by Crippen LogP contribution is -2.41. The average Bonchev–Trinajstić information content (AvgIpc) is 2.36. The molecule has 4 heteroatoms. The molecule has 0 aromatic heterocycles. The van der Waals surface area contributed by atoms with Gasteiger partial charge in [0.15, 0.2) is 0 Å². The lowest BCUT2D eigenvalue weighted by atomic mass is 9.79. The standard InChI is InChI=1S/C15H21NO3/c1-3-19-15(17)14(11-6-4-7-11)16-12-8-5-9-13(10-12)18-2/h5,8-11,14,16H,3-4,6-7H2,1-2H3. The third-order valence-electron chi connectivity index (χ3n) is 3.55. The highest BCUT2D eigenvalue weighted by Crippen LogP contribution is 2.32. The first-order valence-electron chi connectivity index (χ1n) is 6.81. The zero-order valence-corrected chi connectivity index (χ0v) is 11.5. The minimum atomic E-state index is -0.249. The van der Waals surface area contributed by atoms with E-state index < -0.39 is 0 Å². The summed E-state index contributed by atoms with van der Waals surface area (Å²) in [5, 5.41) is 3.29. The molecule has 1 aliphatic rings. The van der Waals surface area contributed by atoms with Crippen LogP contribution in [0.25, 0.3) is 0 Å². The summed E-state index contributed by atoms with van der Waals surface area (Å²) in [4.78, 5) is 12.0. The fourth-order valence-electron chi connectivity index (χ4n) is 2.27. The van der Waals surface area contributed by atoms with Gasteiger partial charge in [0.1, 0.15) is 11.8 Å². The average molecular weight is 263 g/mol. The van der Waals surface area contributed by atoms with Crippen molar-refractivity contribution in [3.05, 3.63) is 24.3 Å². The largest absolute Gasteiger partial charge is 0.497 e. The molecule has 0 bridgehead atoms. The summed E-state index contributed by atoms with van der Waals surface area (Å²) < 4.78 is 10.3. The number of anilines is 1. The van der Waals surface area contributed by atoms with Crippen LogP contribution in [0, 0.1) is 5.92 Å². The highest BCUT2D eigenvalue weighted by Gasteiger charge is 2.33. The summed E-state index contributed by atoms with van der Waals surface area (Å²) in [6, 6.07) is 7.37. The van der Waals surface area contributed by atoms with Crippen molar-refractivity contribution in [2.24, 2.45) is 5.92 Å². The Labute approximate surface area is 114 Å². The van der Waals surface area contributed by atoms with Crippen LogP contribution in [0.15, 0.2) is 24.3 Å². The topological polar surface area (TPSA) is 47.6 Å². The minimum Gasteiger partial charge on any atom is -0.497 e. The molecule has 1 aromatic carbocycles. The Hall–Kier alpha value is -1.71. The number of rotatable bonds is 6. The summed E-state index contributed by atoms with van der Waals surface area (Å²) in [5.41, 5.74) is 0.893. The summed E-state index contributed by atoms with van der Waals surface area (Å²) in [6.07, 6.45) is 3.36. The SMILES string of the molecule is CCOC(=O)C(Nc1cccc(OC)c1)C1CCC1. The number of hydrogen-bond donors (Lipinski definition) is 1. The van der Waals surface area contributed by atoms with Crippen molar-refractivity contribution in [3.8, 4) is 5.75 Å². The molecule has 1 saturated carbocycles. The first-order chi connectivity index (χ1) is 9.24. The van der Waals surface area contributed by atoms with E-state index in [0.29, 0.717) is 12.5 Å². The van der Waals surface area contributed by atoms with E-state index in [-0.39, 0.29) is 12.0 Å². The lowest BCUT2D eigenvalue weighted by Gasteiger charge is -2.33. The maximum Gasteiger partial charge on any atom is 0.328 e. The third-order valence-corrected chi connectivity index (χ3v) is 3.55. The molecule has 104 valence electrons. The van der Waals surface area contributed by atoms with Crippen LogP contribution in [-0.2, 0) is 9.53 Å². The summed E-state index contributed by atoms with van der Waals surface area (Å²) in [7, 11) is 1.63. The van der Waals surface area contributed by atoms with Gasteiger partial charge in [0.25, 0.3) is 0 Å². The van der Waals surface area contributed by atoms with Crippen molar-refractivity contribution in [1.29, 1.82) is 0 Å². The predicted octanol–water partition coefficient (Wildman–Crippen LogP) is 2.84. The maximum absolute atomic E-state index is 12.0. The normalized spacial score (nSPS) is 16.3. The number of esters is 1. The van der Waals surface area contributed by atoms with E-state index in [1.165, 1.54) is 6.42 Å². The molecule has 4 nitrogen and oxygen atoms in total. The second-order valence-electron chi connectivity index (χ2n) is 4.80. The summed E-state index contributed by atoms with van der Waals surface area (Å²) in [5.74, 6) is 1.00. The zero-order valence-electron chi connectivity index (χ0n) is 11.5. The van der Waals surface area contributed by atoms with Crippen LogP contribution >= 0.6 is 0 Å². The van der Waals surface area contributed by atoms with Crippen molar-refractivity contribution in [3.63, 3.8) is 0 Å². The molecule has 1 aromatic rings. The highest BCUT2D eigenvalue weighted by molar-refractivity contribution is 5.80. The van der Waals surface area contributed by atoms with Crippen LogP contribution in [0.4, 0.5) is 5.69 Å². The number of carbonyl (C=O) groups excluding carboxylic acids is 1. The molecule has 1 fully saturated rings. The zero-order chi connectivity index (χ0) is 13.7. The van der Waals surface area contributed by atoms with Gasteiger partial charge in [0.2, 0.25) is 0 Å². The van der Waals surface area contributed by atoms with Gasteiger partial charge in [0, 0.05) is 11.8 Å². The van der Waals surface area contributed by atoms with Crippen molar-refractivity contribution in [2.45, 2.75) is 32.2 Å². The first-order valence-corrected chi connectivity index (χ1v) is 6.81. The molecule has 0 aliphatic heterocycles. The van der Waals surface area contributed by atoms with Gasteiger partial charge < -0.3 is 14.8 Å². The van der Waals surface area contributed by atoms with Crippen molar-refractivity contribution < 1.29 is 14.3 Å². The van der Waals surface area contributed by atoms with Gasteiger partial charge in [0.05, 0.1) is 13.7 Å². The van der Waals surface area contributed by atoms with Gasteiger partial charge in [-0.05, 0) is 37.8 Å². The van der Waals surface area contributed by atoms with Gasteiger partial charge in [-0.2, -0.15) is 0 Å². The Balaban J connectivity index is 2.07. The van der Waals surface area contributed by atoms with Crippen LogP contribution in [-0.4, -0.2) is 25.7 Å².